The van der Waals surface area contributed by atoms with Gasteiger partial charge in [0.2, 0.25) is 5.91 Å². The second-order valence-corrected chi connectivity index (χ2v) is 2.84. The van der Waals surface area contributed by atoms with E-state index < -0.39 is 0 Å². The average Bonchev–Trinajstić information content (AvgIpc) is 2.20. The van der Waals surface area contributed by atoms with Crippen molar-refractivity contribution >= 4 is 5.91 Å². The van der Waals surface area contributed by atoms with E-state index in [0.29, 0.717) is 19.4 Å². The van der Waals surface area contributed by atoms with E-state index in [4.69, 9.17) is 6.42 Å². The fourth-order valence-electron chi connectivity index (χ4n) is 1.02. The molecule has 1 aromatic heterocycles. The lowest BCUT2D eigenvalue weighted by Gasteiger charge is -2.02. The second-order valence-electron chi connectivity index (χ2n) is 2.84. The van der Waals surface area contributed by atoms with Crippen LogP contribution in [0.3, 0.4) is 0 Å². The maximum absolute atomic E-state index is 11.3. The third-order valence-corrected chi connectivity index (χ3v) is 1.68. The van der Waals surface area contributed by atoms with E-state index in [0.717, 1.165) is 5.56 Å². The summed E-state index contributed by atoms with van der Waals surface area (Å²) in [7, 11) is 0. The summed E-state index contributed by atoms with van der Waals surface area (Å²) in [4.78, 5) is 15.2. The molecule has 3 heteroatoms. The Kier molecular flexibility index (Phi) is 4.22. The number of carbonyl (C=O) groups is 1. The predicted molar refractivity (Wildman–Crippen MR) is 54.4 cm³/mol. The Morgan fingerprint density at radius 1 is 1.64 bits per heavy atom. The first kappa shape index (κ1) is 10.3. The Labute approximate surface area is 83.6 Å². The highest BCUT2D eigenvalue weighted by Gasteiger charge is 2.01. The molecular weight excluding hydrogens is 176 g/mol. The lowest BCUT2D eigenvalue weighted by molar-refractivity contribution is -0.120. The van der Waals surface area contributed by atoms with Gasteiger partial charge in [0.15, 0.2) is 0 Å². The first-order valence-corrected chi connectivity index (χ1v) is 4.42. The van der Waals surface area contributed by atoms with Crippen LogP contribution in [0.2, 0.25) is 0 Å². The minimum Gasteiger partial charge on any atom is -0.355 e. The highest BCUT2D eigenvalue weighted by molar-refractivity contribution is 5.78. The minimum atomic E-state index is -0.0201. The molecule has 0 aromatic carbocycles. The molecule has 72 valence electrons. The molecule has 0 spiro atoms. The summed E-state index contributed by atoms with van der Waals surface area (Å²) >= 11 is 0. The third-order valence-electron chi connectivity index (χ3n) is 1.68. The Morgan fingerprint density at radius 3 is 3.14 bits per heavy atom. The molecule has 0 fully saturated rings. The number of pyridine rings is 1. The van der Waals surface area contributed by atoms with E-state index in [2.05, 4.69) is 16.2 Å². The standard InChI is InChI=1S/C11H12N2O/c1-2-3-7-13-11(14)8-10-5-4-6-12-9-10/h1,4-6,9H,3,7-8H2,(H,13,14). The van der Waals surface area contributed by atoms with E-state index >= 15 is 0 Å². The zero-order chi connectivity index (χ0) is 10.2. The van der Waals surface area contributed by atoms with Crippen LogP contribution in [0.4, 0.5) is 0 Å². The van der Waals surface area contributed by atoms with E-state index in [1.165, 1.54) is 0 Å². The molecule has 1 heterocycles. The predicted octanol–water partition coefficient (Wildman–Crippen LogP) is 0.764. The van der Waals surface area contributed by atoms with Gasteiger partial charge < -0.3 is 5.32 Å². The Morgan fingerprint density at radius 2 is 2.50 bits per heavy atom. The summed E-state index contributed by atoms with van der Waals surface area (Å²) in [5.41, 5.74) is 0.908. The fourth-order valence-corrected chi connectivity index (χ4v) is 1.02. The fraction of sp³-hybridized carbons (Fsp3) is 0.273. The third kappa shape index (κ3) is 3.72. The van der Waals surface area contributed by atoms with E-state index in [9.17, 15) is 4.79 Å². The van der Waals surface area contributed by atoms with Gasteiger partial charge in [0, 0.05) is 25.4 Å². The number of rotatable bonds is 4. The number of amides is 1. The van der Waals surface area contributed by atoms with E-state index in [1.807, 2.05) is 12.1 Å². The number of hydrogen-bond donors (Lipinski definition) is 1. The molecule has 0 aliphatic rings. The normalized spacial score (nSPS) is 9.07. The number of hydrogen-bond acceptors (Lipinski definition) is 2. The number of aromatic nitrogens is 1. The van der Waals surface area contributed by atoms with E-state index in [-0.39, 0.29) is 5.91 Å². The maximum Gasteiger partial charge on any atom is 0.224 e. The molecule has 1 aromatic rings. The van der Waals surface area contributed by atoms with Gasteiger partial charge in [-0.1, -0.05) is 6.07 Å². The summed E-state index contributed by atoms with van der Waals surface area (Å²) in [5, 5.41) is 2.72. The Balaban J connectivity index is 2.32. The van der Waals surface area contributed by atoms with Crippen LogP contribution in [0, 0.1) is 12.3 Å². The zero-order valence-electron chi connectivity index (χ0n) is 7.86. The molecule has 14 heavy (non-hydrogen) atoms. The van der Waals surface area contributed by atoms with Gasteiger partial charge in [-0.25, -0.2) is 0 Å². The average molecular weight is 188 g/mol. The lowest BCUT2D eigenvalue weighted by Crippen LogP contribution is -2.25. The van der Waals surface area contributed by atoms with Crippen molar-refractivity contribution in [1.82, 2.24) is 10.3 Å². The Hall–Kier alpha value is -1.82. The van der Waals surface area contributed by atoms with Gasteiger partial charge >= 0.3 is 0 Å². The van der Waals surface area contributed by atoms with Crippen molar-refractivity contribution in [2.24, 2.45) is 0 Å². The quantitative estimate of drug-likeness (QED) is 0.560. The van der Waals surface area contributed by atoms with Gasteiger partial charge in [0.1, 0.15) is 0 Å². The van der Waals surface area contributed by atoms with Crippen molar-refractivity contribution in [2.45, 2.75) is 12.8 Å². The number of nitrogens with one attached hydrogen (secondary N) is 1. The molecule has 1 N–H and O–H groups in total. The summed E-state index contributed by atoms with van der Waals surface area (Å²) < 4.78 is 0. The van der Waals surface area contributed by atoms with Crippen molar-refractivity contribution in [3.05, 3.63) is 30.1 Å². The van der Waals surface area contributed by atoms with E-state index in [1.54, 1.807) is 12.4 Å². The van der Waals surface area contributed by atoms with Crippen molar-refractivity contribution < 1.29 is 4.79 Å². The van der Waals surface area contributed by atoms with Crippen molar-refractivity contribution in [3.63, 3.8) is 0 Å². The van der Waals surface area contributed by atoms with Gasteiger partial charge in [0.05, 0.1) is 6.42 Å². The molecule has 0 aliphatic heterocycles. The van der Waals surface area contributed by atoms with Crippen LogP contribution in [0.15, 0.2) is 24.5 Å². The van der Waals surface area contributed by atoms with Crippen LogP contribution in [-0.2, 0) is 11.2 Å². The highest BCUT2D eigenvalue weighted by atomic mass is 16.1. The smallest absolute Gasteiger partial charge is 0.224 e. The summed E-state index contributed by atoms with van der Waals surface area (Å²) in [6.07, 6.45) is 9.35. The topological polar surface area (TPSA) is 42.0 Å². The van der Waals surface area contributed by atoms with Crippen LogP contribution in [0.25, 0.3) is 0 Å². The summed E-state index contributed by atoms with van der Waals surface area (Å²) in [6.45, 7) is 0.537. The number of carbonyl (C=O) groups excluding carboxylic acids is 1. The molecule has 1 amide bonds. The molecule has 0 unspecified atom stereocenters. The molecule has 0 radical (unpaired) electrons. The van der Waals surface area contributed by atoms with Crippen LogP contribution >= 0.6 is 0 Å². The molecular formula is C11H12N2O. The molecule has 0 saturated carbocycles. The lowest BCUT2D eigenvalue weighted by atomic mass is 10.2. The van der Waals surface area contributed by atoms with Crippen LogP contribution in [0.5, 0.6) is 0 Å². The Bertz CT molecular complexity index is 327. The van der Waals surface area contributed by atoms with Gasteiger partial charge in [-0.05, 0) is 11.6 Å². The zero-order valence-corrected chi connectivity index (χ0v) is 7.86. The summed E-state index contributed by atoms with van der Waals surface area (Å²) in [6, 6.07) is 3.68. The molecule has 0 aliphatic carbocycles. The van der Waals surface area contributed by atoms with Gasteiger partial charge in [-0.15, -0.1) is 12.3 Å². The number of terminal acetylenes is 1. The van der Waals surface area contributed by atoms with Gasteiger partial charge in [0.25, 0.3) is 0 Å². The van der Waals surface area contributed by atoms with Crippen molar-refractivity contribution in [1.29, 1.82) is 0 Å². The second kappa shape index (κ2) is 5.76. The van der Waals surface area contributed by atoms with Gasteiger partial charge in [-0.2, -0.15) is 0 Å². The van der Waals surface area contributed by atoms with Crippen LogP contribution in [0.1, 0.15) is 12.0 Å². The largest absolute Gasteiger partial charge is 0.355 e. The first-order chi connectivity index (χ1) is 6.83. The van der Waals surface area contributed by atoms with Crippen LogP contribution < -0.4 is 5.32 Å². The van der Waals surface area contributed by atoms with Crippen LogP contribution in [-0.4, -0.2) is 17.4 Å². The first-order valence-electron chi connectivity index (χ1n) is 4.42. The molecule has 0 atom stereocenters. The molecule has 0 saturated heterocycles. The monoisotopic (exact) mass is 188 g/mol. The SMILES string of the molecule is C#CCCNC(=O)Cc1cccnc1. The minimum absolute atomic E-state index is 0.0201. The molecule has 3 nitrogen and oxygen atoms in total. The van der Waals surface area contributed by atoms with Gasteiger partial charge in [-0.3, -0.25) is 9.78 Å². The molecule has 0 bridgehead atoms. The highest BCUT2D eigenvalue weighted by Crippen LogP contribution is 1.96. The van der Waals surface area contributed by atoms with Crippen molar-refractivity contribution in [3.8, 4) is 12.3 Å². The number of nitrogens with zero attached hydrogens (tertiary/aromatic N) is 1. The summed E-state index contributed by atoms with van der Waals surface area (Å²) in [5.74, 6) is 2.44. The molecule has 1 rings (SSSR count). The maximum atomic E-state index is 11.3. The van der Waals surface area contributed by atoms with Crippen molar-refractivity contribution in [2.75, 3.05) is 6.54 Å².